The molecule has 0 spiro atoms. The smallest absolute Gasteiger partial charge is 0.306 e. The minimum Gasteiger partial charge on any atom is -0.306 e. The monoisotopic (exact) mass is 383 g/mol. The van der Waals surface area contributed by atoms with Crippen LogP contribution in [0.15, 0.2) is 60.8 Å². The molecule has 0 aliphatic carbocycles. The first-order chi connectivity index (χ1) is 12.9. The molecular formula is C22H26NO3P. The number of hydrogen-bond acceptors (Lipinski definition) is 4. The van der Waals surface area contributed by atoms with Gasteiger partial charge in [0.05, 0.1) is 23.9 Å². The fraction of sp³-hybridized carbons (Fsp3) is 0.318. The van der Waals surface area contributed by atoms with E-state index in [9.17, 15) is 4.57 Å². The van der Waals surface area contributed by atoms with Crippen molar-refractivity contribution in [1.82, 2.24) is 4.98 Å². The van der Waals surface area contributed by atoms with Crippen molar-refractivity contribution in [2.75, 3.05) is 0 Å². The van der Waals surface area contributed by atoms with Crippen LogP contribution in [0, 0.1) is 0 Å². The molecule has 3 rings (SSSR count). The van der Waals surface area contributed by atoms with Crippen LogP contribution in [-0.2, 0) is 19.8 Å². The molecule has 2 aromatic carbocycles. The number of hydrogen-bond donors (Lipinski definition) is 0. The summed E-state index contributed by atoms with van der Waals surface area (Å²) in [6.07, 6.45) is 1.71. The normalized spacial score (nSPS) is 12.2. The number of rotatable bonds is 7. The largest absolute Gasteiger partial charge is 0.335 e. The number of aromatic nitrogens is 1. The summed E-state index contributed by atoms with van der Waals surface area (Å²) in [5, 5.41) is 1.01. The Morgan fingerprint density at radius 3 is 2.19 bits per heavy atom. The summed E-state index contributed by atoms with van der Waals surface area (Å²) in [6, 6.07) is 18.2. The molecule has 0 amide bonds. The molecule has 0 fully saturated rings. The molecule has 27 heavy (non-hydrogen) atoms. The van der Waals surface area contributed by atoms with Crippen LogP contribution >= 0.6 is 7.60 Å². The van der Waals surface area contributed by atoms with Crippen LogP contribution in [0.25, 0.3) is 22.0 Å². The van der Waals surface area contributed by atoms with Crippen LogP contribution in [-0.4, -0.2) is 17.2 Å². The summed E-state index contributed by atoms with van der Waals surface area (Å²) in [5.74, 6) is 0. The third-order valence-electron chi connectivity index (χ3n) is 4.01. The van der Waals surface area contributed by atoms with E-state index in [2.05, 4.69) is 23.2 Å². The molecule has 0 aliphatic heterocycles. The van der Waals surface area contributed by atoms with E-state index < -0.39 is 7.60 Å². The number of fused-ring (bicyclic) bond motifs is 1. The molecule has 0 bridgehead atoms. The molecule has 0 unspecified atom stereocenters. The van der Waals surface area contributed by atoms with E-state index in [4.69, 9.17) is 9.05 Å². The lowest BCUT2D eigenvalue weighted by Crippen LogP contribution is -2.09. The number of nitrogens with zero attached hydrogens (tertiary/aromatic N) is 1. The molecule has 0 radical (unpaired) electrons. The van der Waals surface area contributed by atoms with Crippen LogP contribution < -0.4 is 0 Å². The van der Waals surface area contributed by atoms with Gasteiger partial charge in [-0.05, 0) is 44.9 Å². The predicted octanol–water partition coefficient (Wildman–Crippen LogP) is 6.44. The molecular weight excluding hydrogens is 357 g/mol. The minimum atomic E-state index is -3.27. The van der Waals surface area contributed by atoms with E-state index >= 15 is 0 Å². The summed E-state index contributed by atoms with van der Waals surface area (Å²) >= 11 is 0. The standard InChI is InChI=1S/C22H26NO3P/c1-16(2)25-27(24,26-17(3)4)15-20-12-8-11-19-13-21(14-23-22(19)20)18-9-6-5-7-10-18/h5-14,16-17H,15H2,1-4H3. The van der Waals surface area contributed by atoms with Gasteiger partial charge in [0.1, 0.15) is 0 Å². The van der Waals surface area contributed by atoms with Gasteiger partial charge in [-0.25, -0.2) is 0 Å². The third kappa shape index (κ3) is 5.04. The Kier molecular flexibility index (Phi) is 6.11. The van der Waals surface area contributed by atoms with E-state index in [1.54, 1.807) is 0 Å². The Hall–Kier alpha value is -2.00. The first kappa shape index (κ1) is 19.8. The molecule has 0 saturated carbocycles. The fourth-order valence-electron chi connectivity index (χ4n) is 3.09. The number of para-hydroxylation sites is 1. The maximum absolute atomic E-state index is 13.3. The first-order valence-electron chi connectivity index (χ1n) is 9.25. The van der Waals surface area contributed by atoms with Gasteiger partial charge in [0.2, 0.25) is 0 Å². The molecule has 3 aromatic rings. The zero-order valence-corrected chi connectivity index (χ0v) is 17.1. The van der Waals surface area contributed by atoms with Crippen molar-refractivity contribution in [3.8, 4) is 11.1 Å². The fourth-order valence-corrected chi connectivity index (χ4v) is 5.25. The Labute approximate surface area is 161 Å². The van der Waals surface area contributed by atoms with Crippen molar-refractivity contribution in [3.63, 3.8) is 0 Å². The molecule has 5 heteroatoms. The highest BCUT2D eigenvalue weighted by atomic mass is 31.2. The van der Waals surface area contributed by atoms with Crippen molar-refractivity contribution in [2.45, 2.75) is 46.1 Å². The second-order valence-electron chi connectivity index (χ2n) is 7.16. The van der Waals surface area contributed by atoms with Crippen LogP contribution in [0.1, 0.15) is 33.3 Å². The molecule has 142 valence electrons. The molecule has 0 atom stereocenters. The summed E-state index contributed by atoms with van der Waals surface area (Å²) in [6.45, 7) is 7.46. The predicted molar refractivity (Wildman–Crippen MR) is 111 cm³/mol. The first-order valence-corrected chi connectivity index (χ1v) is 11.0. The Morgan fingerprint density at radius 2 is 1.56 bits per heavy atom. The zero-order valence-electron chi connectivity index (χ0n) is 16.3. The minimum absolute atomic E-state index is 0.179. The van der Waals surface area contributed by atoms with E-state index in [1.807, 2.05) is 70.3 Å². The number of pyridine rings is 1. The molecule has 0 aliphatic rings. The van der Waals surface area contributed by atoms with Gasteiger partial charge in [-0.15, -0.1) is 0 Å². The lowest BCUT2D eigenvalue weighted by atomic mass is 10.0. The summed E-state index contributed by atoms with van der Waals surface area (Å²) < 4.78 is 24.7. The average Bonchev–Trinajstić information content (AvgIpc) is 2.60. The van der Waals surface area contributed by atoms with Crippen LogP contribution in [0.5, 0.6) is 0 Å². The van der Waals surface area contributed by atoms with Crippen molar-refractivity contribution < 1.29 is 13.6 Å². The lowest BCUT2D eigenvalue weighted by molar-refractivity contribution is 0.141. The summed E-state index contributed by atoms with van der Waals surface area (Å²) in [4.78, 5) is 4.67. The zero-order chi connectivity index (χ0) is 19.4. The van der Waals surface area contributed by atoms with Gasteiger partial charge in [0, 0.05) is 17.1 Å². The SMILES string of the molecule is CC(C)OP(=O)(Cc1cccc2cc(-c3ccccc3)cnc12)OC(C)C. The van der Waals surface area contributed by atoms with E-state index in [0.717, 1.165) is 27.6 Å². The van der Waals surface area contributed by atoms with Crippen LogP contribution in [0.4, 0.5) is 0 Å². The Bertz CT molecular complexity index is 940. The van der Waals surface area contributed by atoms with Gasteiger partial charge in [0.15, 0.2) is 0 Å². The molecule has 0 saturated heterocycles. The van der Waals surface area contributed by atoms with Crippen LogP contribution in [0.2, 0.25) is 0 Å². The molecule has 4 nitrogen and oxygen atoms in total. The van der Waals surface area contributed by atoms with Gasteiger partial charge >= 0.3 is 7.60 Å². The molecule has 0 N–H and O–H groups in total. The summed E-state index contributed by atoms with van der Waals surface area (Å²) in [7, 11) is -3.27. The highest BCUT2D eigenvalue weighted by molar-refractivity contribution is 7.53. The van der Waals surface area contributed by atoms with Crippen molar-refractivity contribution in [3.05, 3.63) is 66.4 Å². The Balaban J connectivity index is 1.98. The van der Waals surface area contributed by atoms with Crippen LogP contribution in [0.3, 0.4) is 0 Å². The van der Waals surface area contributed by atoms with Gasteiger partial charge < -0.3 is 9.05 Å². The molecule has 1 aromatic heterocycles. The van der Waals surface area contributed by atoms with Gasteiger partial charge in [-0.2, -0.15) is 0 Å². The highest BCUT2D eigenvalue weighted by Crippen LogP contribution is 2.54. The summed E-state index contributed by atoms with van der Waals surface area (Å²) in [5.41, 5.74) is 3.88. The molecule has 1 heterocycles. The topological polar surface area (TPSA) is 48.4 Å². The van der Waals surface area contributed by atoms with Gasteiger partial charge in [0.25, 0.3) is 0 Å². The van der Waals surface area contributed by atoms with E-state index in [-0.39, 0.29) is 18.4 Å². The van der Waals surface area contributed by atoms with E-state index in [1.165, 1.54) is 0 Å². The maximum Gasteiger partial charge on any atom is 0.335 e. The second-order valence-corrected chi connectivity index (χ2v) is 9.12. The van der Waals surface area contributed by atoms with Crippen molar-refractivity contribution in [2.24, 2.45) is 0 Å². The second kappa shape index (κ2) is 8.35. The average molecular weight is 383 g/mol. The van der Waals surface area contributed by atoms with Crippen molar-refractivity contribution in [1.29, 1.82) is 0 Å². The quantitative estimate of drug-likeness (QED) is 0.440. The maximum atomic E-state index is 13.3. The highest BCUT2D eigenvalue weighted by Gasteiger charge is 2.29. The lowest BCUT2D eigenvalue weighted by Gasteiger charge is -2.23. The Morgan fingerprint density at radius 1 is 0.889 bits per heavy atom. The number of benzene rings is 2. The van der Waals surface area contributed by atoms with Gasteiger partial charge in [-0.3, -0.25) is 9.55 Å². The van der Waals surface area contributed by atoms with Crippen molar-refractivity contribution >= 4 is 18.5 Å². The third-order valence-corrected chi connectivity index (χ3v) is 6.22. The van der Waals surface area contributed by atoms with E-state index in [0.29, 0.717) is 0 Å². The van der Waals surface area contributed by atoms with Gasteiger partial charge in [-0.1, -0.05) is 48.5 Å².